The molecule has 1 atom stereocenters. The quantitative estimate of drug-likeness (QED) is 0.522. The fourth-order valence-electron chi connectivity index (χ4n) is 3.60. The predicted octanol–water partition coefficient (Wildman–Crippen LogP) is 2.60. The zero-order chi connectivity index (χ0) is 25.9. The molecule has 190 valence electrons. The van der Waals surface area contributed by atoms with Crippen molar-refractivity contribution in [2.75, 3.05) is 25.1 Å². The molecular formula is C22H22F3N7O4. The number of nitrogens with one attached hydrogen (secondary N) is 1. The van der Waals surface area contributed by atoms with Crippen molar-refractivity contribution in [3.63, 3.8) is 0 Å². The standard InChI is InChI=1S/C22H22F3N7O4/c1-13(10-33)32-12-27-30-19(32)16-3-2-4-18(28-16)29-20(34)17-7-15-9-31(6-5-14(15)8-26-17)21(35)36-11-22(23,24)25/h2-4,7-8,12-13,33H,5-6,9-11H2,1H3,(H,28,29,34)/t13-/m1/s1. The average Bonchev–Trinajstić information content (AvgIpc) is 3.36. The van der Waals surface area contributed by atoms with E-state index in [1.807, 2.05) is 0 Å². The van der Waals surface area contributed by atoms with E-state index in [9.17, 15) is 27.9 Å². The summed E-state index contributed by atoms with van der Waals surface area (Å²) < 4.78 is 43.0. The zero-order valence-corrected chi connectivity index (χ0v) is 19.1. The van der Waals surface area contributed by atoms with E-state index in [2.05, 4.69) is 30.2 Å². The molecule has 11 nitrogen and oxygen atoms in total. The van der Waals surface area contributed by atoms with Crippen LogP contribution in [0.2, 0.25) is 0 Å². The average molecular weight is 505 g/mol. The number of aliphatic hydroxyl groups excluding tert-OH is 1. The summed E-state index contributed by atoms with van der Waals surface area (Å²) in [5, 5.41) is 20.0. The Hall–Kier alpha value is -4.07. The van der Waals surface area contributed by atoms with Crippen molar-refractivity contribution < 1.29 is 32.6 Å². The molecule has 0 saturated heterocycles. The van der Waals surface area contributed by atoms with Crippen LogP contribution in [0.3, 0.4) is 0 Å². The number of alkyl halides is 3. The lowest BCUT2D eigenvalue weighted by Gasteiger charge is -2.28. The van der Waals surface area contributed by atoms with E-state index in [0.717, 1.165) is 10.5 Å². The maximum Gasteiger partial charge on any atom is 0.422 e. The molecule has 14 heteroatoms. The summed E-state index contributed by atoms with van der Waals surface area (Å²) >= 11 is 0. The van der Waals surface area contributed by atoms with Crippen LogP contribution in [-0.2, 0) is 17.7 Å². The Balaban J connectivity index is 1.46. The molecule has 0 aliphatic carbocycles. The normalized spacial score (nSPS) is 14.2. The van der Waals surface area contributed by atoms with E-state index >= 15 is 0 Å². The zero-order valence-electron chi connectivity index (χ0n) is 19.1. The van der Waals surface area contributed by atoms with Gasteiger partial charge in [0, 0.05) is 19.3 Å². The number of carbonyl (C=O) groups is 2. The van der Waals surface area contributed by atoms with E-state index in [4.69, 9.17) is 0 Å². The van der Waals surface area contributed by atoms with Crippen LogP contribution in [0.25, 0.3) is 11.5 Å². The van der Waals surface area contributed by atoms with Crippen molar-refractivity contribution in [3.8, 4) is 11.5 Å². The first-order chi connectivity index (χ1) is 17.1. The first kappa shape index (κ1) is 25.0. The largest absolute Gasteiger partial charge is 0.440 e. The highest BCUT2D eigenvalue weighted by Gasteiger charge is 2.32. The molecule has 2 N–H and O–H groups in total. The minimum atomic E-state index is -4.61. The Kier molecular flexibility index (Phi) is 7.15. The molecule has 4 heterocycles. The molecule has 36 heavy (non-hydrogen) atoms. The first-order valence-corrected chi connectivity index (χ1v) is 10.9. The number of aromatic nitrogens is 5. The highest BCUT2D eigenvalue weighted by Crippen LogP contribution is 2.23. The lowest BCUT2D eigenvalue weighted by atomic mass is 10.0. The second-order valence-electron chi connectivity index (χ2n) is 8.14. The molecule has 3 aromatic rings. The molecule has 0 unspecified atom stereocenters. The lowest BCUT2D eigenvalue weighted by molar-refractivity contribution is -0.162. The number of amides is 2. The lowest BCUT2D eigenvalue weighted by Crippen LogP contribution is -2.38. The number of pyridine rings is 2. The summed E-state index contributed by atoms with van der Waals surface area (Å²) in [7, 11) is 0. The molecule has 4 rings (SSSR count). The number of fused-ring (bicyclic) bond motifs is 1. The van der Waals surface area contributed by atoms with Gasteiger partial charge in [0.25, 0.3) is 5.91 Å². The van der Waals surface area contributed by atoms with Crippen LogP contribution in [0.15, 0.2) is 36.8 Å². The van der Waals surface area contributed by atoms with Gasteiger partial charge in [0.2, 0.25) is 0 Å². The second kappa shape index (κ2) is 10.3. The summed E-state index contributed by atoms with van der Waals surface area (Å²) in [5.74, 6) is 0.0713. The van der Waals surface area contributed by atoms with E-state index in [1.165, 1.54) is 18.6 Å². The van der Waals surface area contributed by atoms with E-state index in [-0.39, 0.29) is 37.3 Å². The third kappa shape index (κ3) is 5.76. The number of anilines is 1. The number of nitrogens with zero attached hydrogens (tertiary/aromatic N) is 6. The number of ether oxygens (including phenoxy) is 1. The summed E-state index contributed by atoms with van der Waals surface area (Å²) in [6.45, 7) is 0.162. The van der Waals surface area contributed by atoms with Crippen LogP contribution in [0.4, 0.5) is 23.8 Å². The SMILES string of the molecule is C[C@H](CO)n1cnnc1-c1cccc(NC(=O)c2cc3c(cn2)CCN(C(=O)OCC(F)(F)F)C3)n1. The number of aliphatic hydroxyl groups is 1. The van der Waals surface area contributed by atoms with Gasteiger partial charge in [-0.3, -0.25) is 9.78 Å². The van der Waals surface area contributed by atoms with Crippen molar-refractivity contribution in [3.05, 3.63) is 53.6 Å². The van der Waals surface area contributed by atoms with Crippen LogP contribution in [0.5, 0.6) is 0 Å². The molecule has 3 aromatic heterocycles. The maximum absolute atomic E-state index is 12.8. The Morgan fingerprint density at radius 1 is 1.28 bits per heavy atom. The third-order valence-electron chi connectivity index (χ3n) is 5.48. The monoisotopic (exact) mass is 505 g/mol. The van der Waals surface area contributed by atoms with Crippen LogP contribution >= 0.6 is 0 Å². The van der Waals surface area contributed by atoms with Crippen LogP contribution in [0.1, 0.15) is 34.6 Å². The molecule has 0 bridgehead atoms. The number of halogens is 3. The van der Waals surface area contributed by atoms with Gasteiger partial charge in [-0.1, -0.05) is 6.07 Å². The van der Waals surface area contributed by atoms with Crippen LogP contribution in [0, 0.1) is 0 Å². The minimum absolute atomic E-state index is 0.0126. The molecule has 1 aliphatic heterocycles. The minimum Gasteiger partial charge on any atom is -0.440 e. The highest BCUT2D eigenvalue weighted by molar-refractivity contribution is 6.02. The molecule has 2 amide bonds. The Labute approximate surface area is 202 Å². The molecule has 0 radical (unpaired) electrons. The van der Waals surface area contributed by atoms with Crippen LogP contribution < -0.4 is 5.32 Å². The molecule has 0 fully saturated rings. The van der Waals surface area contributed by atoms with Gasteiger partial charge in [-0.25, -0.2) is 9.78 Å². The summed E-state index contributed by atoms with van der Waals surface area (Å²) in [6, 6.07) is 6.14. The van der Waals surface area contributed by atoms with Crippen molar-refractivity contribution >= 4 is 17.8 Å². The summed E-state index contributed by atoms with van der Waals surface area (Å²) in [5.41, 5.74) is 1.84. The van der Waals surface area contributed by atoms with Gasteiger partial charge in [0.05, 0.1) is 12.6 Å². The molecule has 1 aliphatic rings. The van der Waals surface area contributed by atoms with Gasteiger partial charge in [-0.15, -0.1) is 10.2 Å². The van der Waals surface area contributed by atoms with Gasteiger partial charge < -0.3 is 24.6 Å². The Bertz CT molecular complexity index is 1260. The Morgan fingerprint density at radius 3 is 2.83 bits per heavy atom. The summed E-state index contributed by atoms with van der Waals surface area (Å²) in [4.78, 5) is 34.5. The second-order valence-corrected chi connectivity index (χ2v) is 8.14. The molecular weight excluding hydrogens is 483 g/mol. The van der Waals surface area contributed by atoms with Gasteiger partial charge >= 0.3 is 12.3 Å². The number of hydrogen-bond acceptors (Lipinski definition) is 8. The van der Waals surface area contributed by atoms with Crippen molar-refractivity contribution in [1.82, 2.24) is 29.6 Å². The van der Waals surface area contributed by atoms with E-state index in [1.54, 1.807) is 29.7 Å². The van der Waals surface area contributed by atoms with Gasteiger partial charge in [-0.2, -0.15) is 13.2 Å². The summed E-state index contributed by atoms with van der Waals surface area (Å²) in [6.07, 6.45) is -2.35. The fraction of sp³-hybridized carbons (Fsp3) is 0.364. The topological polar surface area (TPSA) is 135 Å². The van der Waals surface area contributed by atoms with E-state index < -0.39 is 24.8 Å². The van der Waals surface area contributed by atoms with Crippen molar-refractivity contribution in [2.24, 2.45) is 0 Å². The first-order valence-electron chi connectivity index (χ1n) is 10.9. The fourth-order valence-corrected chi connectivity index (χ4v) is 3.60. The van der Waals surface area contributed by atoms with Crippen LogP contribution in [-0.4, -0.2) is 72.7 Å². The Morgan fingerprint density at radius 2 is 2.08 bits per heavy atom. The van der Waals surface area contributed by atoms with Gasteiger partial charge in [0.15, 0.2) is 12.4 Å². The number of hydrogen-bond donors (Lipinski definition) is 2. The molecule has 0 saturated carbocycles. The third-order valence-corrected chi connectivity index (χ3v) is 5.48. The van der Waals surface area contributed by atoms with Crippen molar-refractivity contribution in [1.29, 1.82) is 0 Å². The van der Waals surface area contributed by atoms with Gasteiger partial charge in [-0.05, 0) is 42.7 Å². The predicted molar refractivity (Wildman–Crippen MR) is 119 cm³/mol. The molecule has 0 spiro atoms. The maximum atomic E-state index is 12.8. The van der Waals surface area contributed by atoms with Gasteiger partial charge in [0.1, 0.15) is 23.5 Å². The van der Waals surface area contributed by atoms with Crippen molar-refractivity contribution in [2.45, 2.75) is 32.1 Å². The smallest absolute Gasteiger partial charge is 0.422 e. The molecule has 0 aromatic carbocycles. The number of carbonyl (C=O) groups excluding carboxylic acids is 2. The highest BCUT2D eigenvalue weighted by atomic mass is 19.4. The number of rotatable bonds is 6. The van der Waals surface area contributed by atoms with E-state index in [0.29, 0.717) is 23.5 Å².